The summed E-state index contributed by atoms with van der Waals surface area (Å²) >= 11 is 0. The molecule has 1 N–H and O–H groups in total. The fourth-order valence-electron chi connectivity index (χ4n) is 5.22. The largest absolute Gasteiger partial charge is 0.299 e. The van der Waals surface area contributed by atoms with Crippen LogP contribution < -0.4 is 0 Å². The van der Waals surface area contributed by atoms with Crippen LogP contribution in [0.4, 0.5) is 0 Å². The zero-order chi connectivity index (χ0) is 17.4. The van der Waals surface area contributed by atoms with Gasteiger partial charge in [0.1, 0.15) is 5.78 Å². The molecule has 0 saturated heterocycles. The average Bonchev–Trinajstić information content (AvgIpc) is 2.92. The molecule has 4 heteroatoms. The van der Waals surface area contributed by atoms with Crippen molar-refractivity contribution >= 4 is 15.5 Å². The fourth-order valence-corrected chi connectivity index (χ4v) is 6.75. The maximum Gasteiger partial charge on any atom is 0.136 e. The van der Waals surface area contributed by atoms with Crippen LogP contribution in [0.15, 0.2) is 35.2 Å². The molecule has 2 aliphatic rings. The van der Waals surface area contributed by atoms with Crippen LogP contribution in [0.5, 0.6) is 0 Å². The van der Waals surface area contributed by atoms with Crippen LogP contribution >= 0.6 is 0 Å². The quantitative estimate of drug-likeness (QED) is 0.823. The molecule has 0 unspecified atom stereocenters. The molecule has 0 aromatic heterocycles. The van der Waals surface area contributed by atoms with Gasteiger partial charge < -0.3 is 0 Å². The predicted molar refractivity (Wildman–Crippen MR) is 97.4 cm³/mol. The zero-order valence-electron chi connectivity index (χ0n) is 14.8. The van der Waals surface area contributed by atoms with Gasteiger partial charge in [-0.2, -0.15) is 0 Å². The van der Waals surface area contributed by atoms with Gasteiger partial charge in [-0.25, -0.2) is 8.99 Å². The number of benzene rings is 1. The SMILES string of the molecule is C[C@H](CC[S@](=N)(=O)c1ccccc1)[C@H]1CC[C@H]2C(=O)CCC[C@]12C. The summed E-state index contributed by atoms with van der Waals surface area (Å²) in [5.74, 6) is 2.07. The Morgan fingerprint density at radius 3 is 2.71 bits per heavy atom. The molecule has 0 radical (unpaired) electrons. The minimum atomic E-state index is -2.71. The minimum Gasteiger partial charge on any atom is -0.299 e. The second kappa shape index (κ2) is 6.62. The van der Waals surface area contributed by atoms with Gasteiger partial charge in [-0.3, -0.25) is 4.79 Å². The molecule has 2 aliphatic carbocycles. The van der Waals surface area contributed by atoms with E-state index in [9.17, 15) is 9.00 Å². The number of nitrogens with one attached hydrogen (secondary N) is 1. The van der Waals surface area contributed by atoms with Crippen molar-refractivity contribution in [2.75, 3.05) is 5.75 Å². The monoisotopic (exact) mass is 347 g/mol. The maximum absolute atomic E-state index is 12.7. The normalized spacial score (nSPS) is 33.7. The minimum absolute atomic E-state index is 0.129. The molecule has 3 rings (SSSR count). The van der Waals surface area contributed by atoms with Crippen molar-refractivity contribution in [1.82, 2.24) is 0 Å². The Bertz CT molecular complexity index is 698. The Morgan fingerprint density at radius 1 is 1.29 bits per heavy atom. The number of rotatable bonds is 5. The highest BCUT2D eigenvalue weighted by atomic mass is 32.2. The van der Waals surface area contributed by atoms with Gasteiger partial charge >= 0.3 is 0 Å². The molecule has 2 fully saturated rings. The topological polar surface area (TPSA) is 58.0 Å². The van der Waals surface area contributed by atoms with Crippen molar-refractivity contribution < 1.29 is 9.00 Å². The van der Waals surface area contributed by atoms with E-state index in [1.54, 1.807) is 12.1 Å². The molecular formula is C20H29NO2S. The number of carbonyl (C=O) groups is 1. The highest BCUT2D eigenvalue weighted by Gasteiger charge is 2.52. The van der Waals surface area contributed by atoms with Crippen LogP contribution in [0.2, 0.25) is 0 Å². The third kappa shape index (κ3) is 3.17. The lowest BCUT2D eigenvalue weighted by molar-refractivity contribution is -0.130. The predicted octanol–water partition coefficient (Wildman–Crippen LogP) is 4.90. The lowest BCUT2D eigenvalue weighted by Crippen LogP contribution is -2.39. The van der Waals surface area contributed by atoms with Crippen molar-refractivity contribution in [3.8, 4) is 0 Å². The fraction of sp³-hybridized carbons (Fsp3) is 0.650. The van der Waals surface area contributed by atoms with E-state index in [1.807, 2.05) is 18.2 Å². The van der Waals surface area contributed by atoms with Crippen LogP contribution in [-0.2, 0) is 14.5 Å². The Kier molecular flexibility index (Phi) is 4.87. The molecule has 24 heavy (non-hydrogen) atoms. The first-order valence-corrected chi connectivity index (χ1v) is 10.9. The first-order valence-electron chi connectivity index (χ1n) is 9.19. The molecule has 132 valence electrons. The van der Waals surface area contributed by atoms with E-state index < -0.39 is 9.73 Å². The number of carbonyl (C=O) groups excluding carboxylic acids is 1. The summed E-state index contributed by atoms with van der Waals surface area (Å²) < 4.78 is 21.0. The Hall–Kier alpha value is -1.16. The standard InChI is InChI=1S/C20H29NO2S/c1-15(12-14-24(21,23)16-7-4-3-5-8-16)17-10-11-18-19(22)9-6-13-20(17,18)2/h3-5,7-8,15,17-18,21H,6,9-14H2,1-2H3/t15-,17-,18+,20-,24+/m1/s1. The van der Waals surface area contributed by atoms with E-state index >= 15 is 0 Å². The van der Waals surface area contributed by atoms with E-state index in [-0.39, 0.29) is 11.3 Å². The third-order valence-corrected chi connectivity index (χ3v) is 8.45. The molecular weight excluding hydrogens is 318 g/mol. The molecule has 0 spiro atoms. The number of hydrogen-bond donors (Lipinski definition) is 1. The molecule has 3 nitrogen and oxygen atoms in total. The van der Waals surface area contributed by atoms with Crippen LogP contribution in [-0.4, -0.2) is 15.7 Å². The smallest absolute Gasteiger partial charge is 0.136 e. The summed E-state index contributed by atoms with van der Waals surface area (Å²) in [6, 6.07) is 9.19. The van der Waals surface area contributed by atoms with Crippen molar-refractivity contribution in [3.05, 3.63) is 30.3 Å². The Labute approximate surface area is 146 Å². The summed E-state index contributed by atoms with van der Waals surface area (Å²) in [5, 5.41) is 0. The van der Waals surface area contributed by atoms with Crippen molar-refractivity contribution in [2.45, 2.75) is 57.3 Å². The van der Waals surface area contributed by atoms with E-state index in [0.29, 0.717) is 28.3 Å². The summed E-state index contributed by atoms with van der Waals surface area (Å²) in [6.07, 6.45) is 5.87. The summed E-state index contributed by atoms with van der Waals surface area (Å²) in [6.45, 7) is 4.54. The number of fused-ring (bicyclic) bond motifs is 1. The van der Waals surface area contributed by atoms with Gasteiger partial charge in [0.25, 0.3) is 0 Å². The molecule has 1 aromatic carbocycles. The van der Waals surface area contributed by atoms with E-state index in [0.717, 1.165) is 38.5 Å². The van der Waals surface area contributed by atoms with Crippen LogP contribution in [0.3, 0.4) is 0 Å². The zero-order valence-corrected chi connectivity index (χ0v) is 15.6. The molecule has 0 bridgehead atoms. The molecule has 2 saturated carbocycles. The average molecular weight is 348 g/mol. The lowest BCUT2D eigenvalue weighted by atomic mass is 9.62. The summed E-state index contributed by atoms with van der Waals surface area (Å²) in [7, 11) is -2.71. The van der Waals surface area contributed by atoms with E-state index in [2.05, 4.69) is 13.8 Å². The van der Waals surface area contributed by atoms with Gasteiger partial charge in [0.05, 0.1) is 9.73 Å². The first-order chi connectivity index (χ1) is 11.3. The van der Waals surface area contributed by atoms with Gasteiger partial charge in [-0.05, 0) is 61.5 Å². The highest BCUT2D eigenvalue weighted by Crippen LogP contribution is 2.57. The summed E-state index contributed by atoms with van der Waals surface area (Å²) in [4.78, 5) is 12.9. The molecule has 5 atom stereocenters. The Balaban J connectivity index is 1.67. The molecule has 1 aromatic rings. The second-order valence-electron chi connectivity index (χ2n) is 8.02. The van der Waals surface area contributed by atoms with E-state index in [1.165, 1.54) is 0 Å². The van der Waals surface area contributed by atoms with Crippen LogP contribution in [0.25, 0.3) is 0 Å². The van der Waals surface area contributed by atoms with Crippen molar-refractivity contribution in [3.63, 3.8) is 0 Å². The summed E-state index contributed by atoms with van der Waals surface area (Å²) in [5.41, 5.74) is 0.129. The molecule has 0 amide bonds. The van der Waals surface area contributed by atoms with Gasteiger partial charge in [0, 0.05) is 23.0 Å². The Morgan fingerprint density at radius 2 is 2.00 bits per heavy atom. The second-order valence-corrected chi connectivity index (χ2v) is 10.3. The van der Waals surface area contributed by atoms with Gasteiger partial charge in [0.2, 0.25) is 0 Å². The van der Waals surface area contributed by atoms with E-state index in [4.69, 9.17) is 4.78 Å². The van der Waals surface area contributed by atoms with Crippen molar-refractivity contribution in [2.24, 2.45) is 23.2 Å². The highest BCUT2D eigenvalue weighted by molar-refractivity contribution is 7.92. The molecule has 0 heterocycles. The third-order valence-electron chi connectivity index (χ3n) is 6.61. The van der Waals surface area contributed by atoms with Crippen molar-refractivity contribution in [1.29, 1.82) is 4.78 Å². The van der Waals surface area contributed by atoms with Gasteiger partial charge in [-0.1, -0.05) is 32.0 Å². The maximum atomic E-state index is 12.7. The number of hydrogen-bond acceptors (Lipinski definition) is 3. The van der Waals surface area contributed by atoms with Crippen LogP contribution in [0, 0.1) is 27.9 Å². The lowest BCUT2D eigenvalue weighted by Gasteiger charge is -2.42. The number of Topliss-reactive ketones (excluding diaryl/α,β-unsaturated/α-hetero) is 1. The van der Waals surface area contributed by atoms with Gasteiger partial charge in [0.15, 0.2) is 0 Å². The van der Waals surface area contributed by atoms with Crippen LogP contribution in [0.1, 0.15) is 52.4 Å². The molecule has 0 aliphatic heterocycles. The first kappa shape index (κ1) is 17.7. The number of ketones is 1. The van der Waals surface area contributed by atoms with Gasteiger partial charge in [-0.15, -0.1) is 0 Å².